The van der Waals surface area contributed by atoms with Crippen LogP contribution in [0.3, 0.4) is 0 Å². The van der Waals surface area contributed by atoms with Crippen molar-refractivity contribution in [1.29, 1.82) is 0 Å². The number of ether oxygens (including phenoxy) is 4. The van der Waals surface area contributed by atoms with Gasteiger partial charge >= 0.3 is 12.0 Å². The number of rotatable bonds is 7. The molecule has 26 heavy (non-hydrogen) atoms. The number of hydrogen-bond acceptors (Lipinski definition) is 9. The van der Waals surface area contributed by atoms with Crippen LogP contribution in [0.2, 0.25) is 0 Å². The summed E-state index contributed by atoms with van der Waals surface area (Å²) < 4.78 is 20.2. The molecule has 1 N–H and O–H groups in total. The van der Waals surface area contributed by atoms with Crippen LogP contribution in [0.4, 0.5) is 0 Å². The Morgan fingerprint density at radius 2 is 1.77 bits per heavy atom. The highest BCUT2D eigenvalue weighted by atomic mass is 16.5. The number of esters is 1. The molecular weight excluding hydrogens is 344 g/mol. The molecule has 138 valence electrons. The number of nitrogens with zero attached hydrogens (tertiary/aromatic N) is 3. The van der Waals surface area contributed by atoms with E-state index in [0.29, 0.717) is 0 Å². The van der Waals surface area contributed by atoms with E-state index >= 15 is 0 Å². The van der Waals surface area contributed by atoms with Crippen molar-refractivity contribution in [3.63, 3.8) is 0 Å². The quantitative estimate of drug-likeness (QED) is 0.718. The molecule has 0 aliphatic carbocycles. The first-order valence-corrected chi connectivity index (χ1v) is 7.47. The number of amides is 1. The fraction of sp³-hybridized carbons (Fsp3) is 0.312. The summed E-state index contributed by atoms with van der Waals surface area (Å²) in [6, 6.07) is 3.62. The highest BCUT2D eigenvalue weighted by molar-refractivity contribution is 5.97. The molecule has 0 aliphatic heterocycles. The number of methoxy groups -OCH3 is 3. The fourth-order valence-electron chi connectivity index (χ4n) is 1.88. The number of hydrogen-bond donors (Lipinski definition) is 1. The molecule has 2 rings (SSSR count). The van der Waals surface area contributed by atoms with Crippen LogP contribution in [-0.2, 0) is 9.53 Å². The van der Waals surface area contributed by atoms with Gasteiger partial charge in [-0.05, 0) is 19.1 Å². The molecule has 0 spiro atoms. The van der Waals surface area contributed by atoms with E-state index < -0.39 is 17.9 Å². The van der Waals surface area contributed by atoms with E-state index in [4.69, 9.17) is 14.2 Å². The molecule has 1 atom stereocenters. The molecule has 0 fully saturated rings. The molecule has 2 heterocycles. The maximum absolute atomic E-state index is 12.4. The van der Waals surface area contributed by atoms with Gasteiger partial charge in [-0.2, -0.15) is 9.97 Å². The minimum Gasteiger partial charge on any atom is -0.481 e. The molecule has 0 aromatic carbocycles. The second-order valence-corrected chi connectivity index (χ2v) is 4.91. The Morgan fingerprint density at radius 1 is 1.12 bits per heavy atom. The Bertz CT molecular complexity index is 776. The highest BCUT2D eigenvalue weighted by Gasteiger charge is 2.21. The summed E-state index contributed by atoms with van der Waals surface area (Å²) in [5, 5.41) is 2.47. The number of aromatic nitrogens is 3. The third-order valence-electron chi connectivity index (χ3n) is 3.17. The third-order valence-corrected chi connectivity index (χ3v) is 3.17. The zero-order valence-electron chi connectivity index (χ0n) is 14.7. The molecule has 0 saturated carbocycles. The Kier molecular flexibility index (Phi) is 6.25. The molecule has 0 radical (unpaired) electrons. The van der Waals surface area contributed by atoms with Crippen LogP contribution in [0, 0.1) is 0 Å². The van der Waals surface area contributed by atoms with Gasteiger partial charge in [-0.1, -0.05) is 0 Å². The minimum atomic E-state index is -0.851. The maximum atomic E-state index is 12.4. The van der Waals surface area contributed by atoms with Gasteiger partial charge in [0.2, 0.25) is 11.8 Å². The topological polar surface area (TPSA) is 122 Å². The predicted octanol–water partition coefficient (Wildman–Crippen LogP) is 0.972. The van der Waals surface area contributed by atoms with Crippen molar-refractivity contribution in [2.75, 3.05) is 21.3 Å². The van der Waals surface area contributed by atoms with E-state index in [-0.39, 0.29) is 29.2 Å². The molecule has 1 unspecified atom stereocenters. The first-order chi connectivity index (χ1) is 12.5. The first kappa shape index (κ1) is 18.9. The van der Waals surface area contributed by atoms with Crippen molar-refractivity contribution in [3.05, 3.63) is 30.1 Å². The zero-order chi connectivity index (χ0) is 19.1. The lowest BCUT2D eigenvalue weighted by atomic mass is 10.2. The average Bonchev–Trinajstić information content (AvgIpc) is 2.67. The summed E-state index contributed by atoms with van der Waals surface area (Å²) in [5.74, 6) is -0.662. The van der Waals surface area contributed by atoms with Gasteiger partial charge in [0.15, 0.2) is 11.4 Å². The van der Waals surface area contributed by atoms with Gasteiger partial charge in [0.1, 0.15) is 6.04 Å². The molecule has 1 amide bonds. The van der Waals surface area contributed by atoms with Crippen molar-refractivity contribution in [2.45, 2.75) is 13.0 Å². The van der Waals surface area contributed by atoms with Crippen LogP contribution in [0.5, 0.6) is 23.5 Å². The molecule has 2 aromatic rings. The number of pyridine rings is 1. The van der Waals surface area contributed by atoms with Crippen molar-refractivity contribution >= 4 is 11.9 Å². The number of nitrogens with one attached hydrogen (secondary N) is 1. The average molecular weight is 362 g/mol. The van der Waals surface area contributed by atoms with Gasteiger partial charge in [0, 0.05) is 6.20 Å². The van der Waals surface area contributed by atoms with E-state index in [0.717, 1.165) is 0 Å². The van der Waals surface area contributed by atoms with Gasteiger partial charge in [0.05, 0.1) is 27.4 Å². The van der Waals surface area contributed by atoms with Gasteiger partial charge in [-0.25, -0.2) is 9.78 Å². The third kappa shape index (κ3) is 4.56. The van der Waals surface area contributed by atoms with E-state index in [1.165, 1.54) is 46.6 Å². The summed E-state index contributed by atoms with van der Waals surface area (Å²) >= 11 is 0. The van der Waals surface area contributed by atoms with E-state index in [9.17, 15) is 9.59 Å². The zero-order valence-corrected chi connectivity index (χ0v) is 14.7. The fourth-order valence-corrected chi connectivity index (χ4v) is 1.88. The van der Waals surface area contributed by atoms with Crippen molar-refractivity contribution in [1.82, 2.24) is 20.3 Å². The molecule has 0 saturated heterocycles. The van der Waals surface area contributed by atoms with Crippen LogP contribution in [-0.4, -0.2) is 54.2 Å². The molecule has 0 aliphatic rings. The van der Waals surface area contributed by atoms with Gasteiger partial charge in [0.25, 0.3) is 5.91 Å². The lowest BCUT2D eigenvalue weighted by Gasteiger charge is -2.13. The van der Waals surface area contributed by atoms with Crippen LogP contribution in [0.1, 0.15) is 17.4 Å². The maximum Gasteiger partial charge on any atom is 0.328 e. The van der Waals surface area contributed by atoms with Crippen LogP contribution in [0.25, 0.3) is 0 Å². The lowest BCUT2D eigenvalue weighted by Crippen LogP contribution is -2.39. The summed E-state index contributed by atoms with van der Waals surface area (Å²) in [7, 11) is 4.10. The predicted molar refractivity (Wildman–Crippen MR) is 88.4 cm³/mol. The highest BCUT2D eigenvalue weighted by Crippen LogP contribution is 2.25. The summed E-state index contributed by atoms with van der Waals surface area (Å²) in [5.41, 5.74) is -0.0476. The van der Waals surface area contributed by atoms with E-state index in [2.05, 4.69) is 25.0 Å². The normalized spacial score (nSPS) is 11.2. The SMILES string of the molecule is COC(=O)C(C)NC(=O)c1ncccc1Oc1nc(OC)cc(OC)n1. The van der Waals surface area contributed by atoms with Crippen molar-refractivity contribution < 1.29 is 28.5 Å². The first-order valence-electron chi connectivity index (χ1n) is 7.47. The monoisotopic (exact) mass is 362 g/mol. The van der Waals surface area contributed by atoms with Crippen LogP contribution < -0.4 is 19.5 Å². The van der Waals surface area contributed by atoms with Crippen LogP contribution in [0.15, 0.2) is 24.4 Å². The van der Waals surface area contributed by atoms with Crippen molar-refractivity contribution in [3.8, 4) is 23.5 Å². The summed E-state index contributed by atoms with van der Waals surface area (Å²) in [4.78, 5) is 35.9. The summed E-state index contributed by atoms with van der Waals surface area (Å²) in [6.07, 6.45) is 1.41. The number of carbonyl (C=O) groups is 2. The Hall–Kier alpha value is -3.43. The Labute approximate surface area is 149 Å². The second kappa shape index (κ2) is 8.60. The smallest absolute Gasteiger partial charge is 0.328 e. The molecule has 10 heteroatoms. The molecule has 10 nitrogen and oxygen atoms in total. The van der Waals surface area contributed by atoms with Gasteiger partial charge < -0.3 is 24.3 Å². The Balaban J connectivity index is 2.26. The lowest BCUT2D eigenvalue weighted by molar-refractivity contribution is -0.142. The standard InChI is InChI=1S/C16H18N4O6/c1-9(15(22)25-4)18-14(21)13-10(6-5-7-17-13)26-16-19-11(23-2)8-12(20-16)24-3/h5-9H,1-4H3,(H,18,21). The molecule has 2 aromatic heterocycles. The van der Waals surface area contributed by atoms with E-state index in [1.807, 2.05) is 0 Å². The molecule has 0 bridgehead atoms. The van der Waals surface area contributed by atoms with Crippen LogP contribution >= 0.6 is 0 Å². The second-order valence-electron chi connectivity index (χ2n) is 4.91. The Morgan fingerprint density at radius 3 is 2.35 bits per heavy atom. The van der Waals surface area contributed by atoms with Crippen molar-refractivity contribution in [2.24, 2.45) is 0 Å². The molecular formula is C16H18N4O6. The number of carbonyl (C=O) groups excluding carboxylic acids is 2. The largest absolute Gasteiger partial charge is 0.481 e. The van der Waals surface area contributed by atoms with Gasteiger partial charge in [-0.3, -0.25) is 4.79 Å². The van der Waals surface area contributed by atoms with Gasteiger partial charge in [-0.15, -0.1) is 0 Å². The summed E-state index contributed by atoms with van der Waals surface area (Å²) in [6.45, 7) is 1.49. The minimum absolute atomic E-state index is 0.0476. The van der Waals surface area contributed by atoms with E-state index in [1.54, 1.807) is 6.07 Å².